The van der Waals surface area contributed by atoms with Crippen LogP contribution in [0, 0.1) is 5.82 Å². The van der Waals surface area contributed by atoms with Crippen molar-refractivity contribution in [1.29, 1.82) is 0 Å². The van der Waals surface area contributed by atoms with Gasteiger partial charge in [-0.25, -0.2) is 12.8 Å². The number of sulfonamides is 1. The lowest BCUT2D eigenvalue weighted by Gasteiger charge is -2.12. The molecule has 2 aromatic carbocycles. The molecule has 8 heteroatoms. The summed E-state index contributed by atoms with van der Waals surface area (Å²) in [4.78, 5) is -0.0899. The highest BCUT2D eigenvalue weighted by molar-refractivity contribution is 9.10. The molecule has 2 aromatic rings. The number of hydrogen-bond acceptors (Lipinski definition) is 4. The van der Waals surface area contributed by atoms with E-state index in [2.05, 4.69) is 20.7 Å². The maximum atomic E-state index is 13.2. The maximum Gasteiger partial charge on any atom is 0.265 e. The van der Waals surface area contributed by atoms with E-state index in [0.29, 0.717) is 4.47 Å². The number of phenolic OH excluding ortho intramolecular Hbond substituents is 1. The van der Waals surface area contributed by atoms with Gasteiger partial charge in [-0.2, -0.15) is 0 Å². The lowest BCUT2D eigenvalue weighted by atomic mass is 10.3. The number of anilines is 1. The number of rotatable bonds is 4. The first-order valence-electron chi connectivity index (χ1n) is 5.68. The molecule has 2 N–H and O–H groups in total. The lowest BCUT2D eigenvalue weighted by Crippen LogP contribution is -2.14. The summed E-state index contributed by atoms with van der Waals surface area (Å²) in [7, 11) is -2.61. The van der Waals surface area contributed by atoms with E-state index >= 15 is 0 Å². The third-order valence-electron chi connectivity index (χ3n) is 2.62. The van der Waals surface area contributed by atoms with Crippen LogP contribution in [0.4, 0.5) is 10.1 Å². The first kappa shape index (κ1) is 15.6. The van der Waals surface area contributed by atoms with Gasteiger partial charge in [0.1, 0.15) is 10.6 Å². The Morgan fingerprint density at radius 2 is 1.95 bits per heavy atom. The van der Waals surface area contributed by atoms with E-state index in [-0.39, 0.29) is 16.3 Å². The molecule has 0 atom stereocenters. The largest absolute Gasteiger partial charge is 0.505 e. The highest BCUT2D eigenvalue weighted by Crippen LogP contribution is 2.29. The van der Waals surface area contributed by atoms with Crippen LogP contribution in [0.15, 0.2) is 45.8 Å². The Kier molecular flexibility index (Phi) is 4.38. The standard InChI is InChI=1S/C13H11BrFNO4S/c1-20-12-5-2-8(14)6-13(12)21(18,19)16-9-3-4-11(17)10(15)7-9/h2-7,16-17H,1H3. The Hall–Kier alpha value is -1.80. The van der Waals surface area contributed by atoms with Crippen molar-refractivity contribution < 1.29 is 22.7 Å². The molecule has 5 nitrogen and oxygen atoms in total. The van der Waals surface area contributed by atoms with Gasteiger partial charge in [0, 0.05) is 10.5 Å². The highest BCUT2D eigenvalue weighted by Gasteiger charge is 2.20. The number of hydrogen-bond donors (Lipinski definition) is 2. The molecule has 0 spiro atoms. The smallest absolute Gasteiger partial charge is 0.265 e. The molecule has 2 rings (SSSR count). The van der Waals surface area contributed by atoms with E-state index in [1.807, 2.05) is 0 Å². The molecule has 0 saturated heterocycles. The van der Waals surface area contributed by atoms with Crippen molar-refractivity contribution in [3.63, 3.8) is 0 Å². The minimum Gasteiger partial charge on any atom is -0.505 e. The van der Waals surface area contributed by atoms with E-state index in [1.54, 1.807) is 6.07 Å². The normalized spacial score (nSPS) is 11.2. The van der Waals surface area contributed by atoms with Gasteiger partial charge in [0.15, 0.2) is 11.6 Å². The van der Waals surface area contributed by atoms with Crippen LogP contribution in [0.25, 0.3) is 0 Å². The summed E-state index contributed by atoms with van der Waals surface area (Å²) in [5, 5.41) is 9.10. The van der Waals surface area contributed by atoms with Crippen LogP contribution in [0.3, 0.4) is 0 Å². The van der Waals surface area contributed by atoms with Crippen molar-refractivity contribution in [1.82, 2.24) is 0 Å². The second-order valence-corrected chi connectivity index (χ2v) is 6.63. The number of aromatic hydroxyl groups is 1. The summed E-state index contributed by atoms with van der Waals surface area (Å²) < 4.78 is 45.7. The molecule has 0 radical (unpaired) electrons. The fraction of sp³-hybridized carbons (Fsp3) is 0.0769. The van der Waals surface area contributed by atoms with Crippen LogP contribution in [0.1, 0.15) is 0 Å². The summed E-state index contributed by atoms with van der Waals surface area (Å²) in [5.74, 6) is -1.32. The van der Waals surface area contributed by atoms with Crippen LogP contribution < -0.4 is 9.46 Å². The van der Waals surface area contributed by atoms with Crippen LogP contribution in [-0.4, -0.2) is 20.6 Å². The molecule has 0 fully saturated rings. The van der Waals surface area contributed by atoms with Crippen LogP contribution in [0.2, 0.25) is 0 Å². The number of ether oxygens (including phenoxy) is 1. The summed E-state index contributed by atoms with van der Waals surface area (Å²) in [6.45, 7) is 0. The Bertz CT molecular complexity index is 780. The Balaban J connectivity index is 2.42. The predicted molar refractivity (Wildman–Crippen MR) is 79.6 cm³/mol. The van der Waals surface area contributed by atoms with Crippen molar-refractivity contribution in [2.45, 2.75) is 4.90 Å². The zero-order valence-electron chi connectivity index (χ0n) is 10.8. The monoisotopic (exact) mass is 375 g/mol. The fourth-order valence-corrected chi connectivity index (χ4v) is 3.40. The SMILES string of the molecule is COc1ccc(Br)cc1S(=O)(=O)Nc1ccc(O)c(F)c1. The van der Waals surface area contributed by atoms with Gasteiger partial charge in [0.25, 0.3) is 10.0 Å². The average Bonchev–Trinajstić information content (AvgIpc) is 2.42. The average molecular weight is 376 g/mol. The Morgan fingerprint density at radius 1 is 1.24 bits per heavy atom. The maximum absolute atomic E-state index is 13.2. The van der Waals surface area contributed by atoms with Crippen molar-refractivity contribution >= 4 is 31.6 Å². The van der Waals surface area contributed by atoms with E-state index in [4.69, 9.17) is 9.84 Å². The van der Waals surface area contributed by atoms with Crippen molar-refractivity contribution in [2.24, 2.45) is 0 Å². The van der Waals surface area contributed by atoms with Gasteiger partial charge < -0.3 is 9.84 Å². The summed E-state index contributed by atoms with van der Waals surface area (Å²) in [6.07, 6.45) is 0. The van der Waals surface area contributed by atoms with Gasteiger partial charge in [0.05, 0.1) is 12.8 Å². The van der Waals surface area contributed by atoms with Gasteiger partial charge in [-0.05, 0) is 30.3 Å². The molecule has 0 saturated carbocycles. The second-order valence-electron chi connectivity index (χ2n) is 4.07. The minimum atomic E-state index is -3.96. The molecule has 21 heavy (non-hydrogen) atoms. The Morgan fingerprint density at radius 3 is 2.57 bits per heavy atom. The van der Waals surface area contributed by atoms with Crippen LogP contribution in [-0.2, 0) is 10.0 Å². The third kappa shape index (κ3) is 3.45. The molecular formula is C13H11BrFNO4S. The van der Waals surface area contributed by atoms with Gasteiger partial charge in [-0.3, -0.25) is 4.72 Å². The van der Waals surface area contributed by atoms with Crippen LogP contribution in [0.5, 0.6) is 11.5 Å². The summed E-state index contributed by atoms with van der Waals surface area (Å²) >= 11 is 3.18. The van der Waals surface area contributed by atoms with Gasteiger partial charge in [-0.1, -0.05) is 15.9 Å². The van der Waals surface area contributed by atoms with Gasteiger partial charge in [-0.15, -0.1) is 0 Å². The number of halogens is 2. The molecular weight excluding hydrogens is 365 g/mol. The molecule has 0 bridgehead atoms. The van der Waals surface area contributed by atoms with Gasteiger partial charge in [0.2, 0.25) is 0 Å². The number of methoxy groups -OCH3 is 1. The van der Waals surface area contributed by atoms with Crippen molar-refractivity contribution in [3.05, 3.63) is 46.7 Å². The lowest BCUT2D eigenvalue weighted by molar-refractivity contribution is 0.403. The first-order chi connectivity index (χ1) is 9.83. The van der Waals surface area contributed by atoms with Crippen molar-refractivity contribution in [3.8, 4) is 11.5 Å². The summed E-state index contributed by atoms with van der Waals surface area (Å²) in [5.41, 5.74) is -0.00710. The number of benzene rings is 2. The molecule has 0 unspecified atom stereocenters. The molecule has 0 aliphatic rings. The van der Waals surface area contributed by atoms with Crippen LogP contribution >= 0.6 is 15.9 Å². The Labute approximate surface area is 129 Å². The van der Waals surface area contributed by atoms with E-state index in [1.165, 1.54) is 25.3 Å². The molecule has 0 aliphatic carbocycles. The molecule has 0 heterocycles. The third-order valence-corrected chi connectivity index (χ3v) is 4.51. The topological polar surface area (TPSA) is 75.6 Å². The zero-order chi connectivity index (χ0) is 15.6. The molecule has 0 amide bonds. The highest BCUT2D eigenvalue weighted by atomic mass is 79.9. The van der Waals surface area contributed by atoms with Gasteiger partial charge >= 0.3 is 0 Å². The van der Waals surface area contributed by atoms with E-state index < -0.39 is 21.6 Å². The predicted octanol–water partition coefficient (Wildman–Crippen LogP) is 3.10. The first-order valence-corrected chi connectivity index (χ1v) is 7.96. The second kappa shape index (κ2) is 5.90. The quantitative estimate of drug-likeness (QED) is 0.805. The minimum absolute atomic E-state index is 0.00710. The fourth-order valence-electron chi connectivity index (χ4n) is 1.64. The van der Waals surface area contributed by atoms with Crippen molar-refractivity contribution in [2.75, 3.05) is 11.8 Å². The number of phenols is 1. The van der Waals surface area contributed by atoms with E-state index in [9.17, 15) is 12.8 Å². The summed E-state index contributed by atoms with van der Waals surface area (Å²) in [6, 6.07) is 7.70. The molecule has 112 valence electrons. The van der Waals surface area contributed by atoms with E-state index in [0.717, 1.165) is 12.1 Å². The zero-order valence-corrected chi connectivity index (χ0v) is 13.2. The molecule has 0 aromatic heterocycles. The number of nitrogens with one attached hydrogen (secondary N) is 1. The molecule has 0 aliphatic heterocycles.